The second kappa shape index (κ2) is 3.33. The quantitative estimate of drug-likeness (QED) is 0.504. The fraction of sp³-hybridized carbons (Fsp3) is 0.778. The molecule has 14 heavy (non-hydrogen) atoms. The van der Waals surface area contributed by atoms with Crippen LogP contribution < -0.4 is 0 Å². The number of ether oxygens (including phenoxy) is 2. The van der Waals surface area contributed by atoms with E-state index < -0.39 is 22.4 Å². The highest BCUT2D eigenvalue weighted by Crippen LogP contribution is 2.38. The molecule has 0 amide bonds. The normalized spacial score (nSPS) is 25.7. The van der Waals surface area contributed by atoms with Gasteiger partial charge in [0.1, 0.15) is 0 Å². The van der Waals surface area contributed by atoms with Gasteiger partial charge in [-0.25, -0.2) is 0 Å². The van der Waals surface area contributed by atoms with E-state index in [1.54, 1.807) is 0 Å². The first kappa shape index (κ1) is 11.1. The molecule has 0 aromatic rings. The van der Waals surface area contributed by atoms with Crippen LogP contribution in [0.5, 0.6) is 0 Å². The van der Waals surface area contributed by atoms with E-state index in [2.05, 4.69) is 0 Å². The Labute approximate surface area is 82.8 Å². The lowest BCUT2D eigenvalue weighted by Crippen LogP contribution is -2.41. The zero-order valence-corrected chi connectivity index (χ0v) is 8.81. The molecular formula is C9H15NO4. The van der Waals surface area contributed by atoms with Crippen molar-refractivity contribution < 1.29 is 14.4 Å². The Morgan fingerprint density at radius 2 is 1.64 bits per heavy atom. The molecule has 0 aliphatic carbocycles. The first-order valence-corrected chi connectivity index (χ1v) is 4.42. The van der Waals surface area contributed by atoms with Gasteiger partial charge < -0.3 is 9.47 Å². The molecular weight excluding hydrogens is 186 g/mol. The molecule has 80 valence electrons. The molecule has 0 aromatic carbocycles. The molecule has 0 radical (unpaired) electrons. The van der Waals surface area contributed by atoms with E-state index in [-0.39, 0.29) is 0 Å². The molecule has 5 nitrogen and oxygen atoms in total. The van der Waals surface area contributed by atoms with Crippen LogP contribution in [0.1, 0.15) is 27.7 Å². The smallest absolute Gasteiger partial charge is 0.235 e. The van der Waals surface area contributed by atoms with Gasteiger partial charge in [-0.3, -0.25) is 10.1 Å². The predicted octanol–water partition coefficient (Wildman–Crippen LogP) is 1.71. The average molecular weight is 201 g/mol. The molecule has 5 heteroatoms. The summed E-state index contributed by atoms with van der Waals surface area (Å²) < 4.78 is 11.0. The lowest BCUT2D eigenvalue weighted by Gasteiger charge is -2.30. The maximum absolute atomic E-state index is 10.1. The van der Waals surface area contributed by atoms with Crippen LogP contribution >= 0.6 is 0 Å². The molecule has 1 fully saturated rings. The van der Waals surface area contributed by atoms with Crippen LogP contribution in [0.4, 0.5) is 0 Å². The third-order valence-corrected chi connectivity index (χ3v) is 2.64. The molecule has 0 atom stereocenters. The molecule has 1 aliphatic heterocycles. The van der Waals surface area contributed by atoms with E-state index in [1.165, 1.54) is 6.08 Å². The molecule has 0 N–H and O–H groups in total. The SMILES string of the molecule is CC1(C)OC(/C=C/[N+](=O)[O-])OC1(C)C. The Bertz CT molecular complexity index is 254. The number of hydrogen-bond acceptors (Lipinski definition) is 4. The zero-order chi connectivity index (χ0) is 11.0. The summed E-state index contributed by atoms with van der Waals surface area (Å²) in [7, 11) is 0. The minimum absolute atomic E-state index is 0.446. The van der Waals surface area contributed by atoms with Crippen molar-refractivity contribution >= 4 is 0 Å². The maximum Gasteiger partial charge on any atom is 0.235 e. The minimum Gasteiger partial charge on any atom is -0.340 e. The second-order valence-electron chi connectivity index (χ2n) is 4.25. The Hall–Kier alpha value is -0.940. The van der Waals surface area contributed by atoms with E-state index in [0.29, 0.717) is 0 Å². The lowest BCUT2D eigenvalue weighted by molar-refractivity contribution is -0.403. The highest BCUT2D eigenvalue weighted by Gasteiger charge is 2.48. The van der Waals surface area contributed by atoms with Crippen LogP contribution in [0.25, 0.3) is 0 Å². The fourth-order valence-electron chi connectivity index (χ4n) is 1.11. The van der Waals surface area contributed by atoms with Crippen LogP contribution in [-0.4, -0.2) is 22.4 Å². The van der Waals surface area contributed by atoms with Crippen LogP contribution in [0.15, 0.2) is 12.3 Å². The summed E-state index contributed by atoms with van der Waals surface area (Å²) in [5, 5.41) is 10.1. The van der Waals surface area contributed by atoms with Gasteiger partial charge in [0.2, 0.25) is 6.20 Å². The molecule has 1 saturated heterocycles. The molecule has 0 spiro atoms. The largest absolute Gasteiger partial charge is 0.340 e. The number of rotatable bonds is 2. The Morgan fingerprint density at radius 1 is 1.21 bits per heavy atom. The predicted molar refractivity (Wildman–Crippen MR) is 50.3 cm³/mol. The summed E-state index contributed by atoms with van der Waals surface area (Å²) in [5.74, 6) is 0. The molecule has 1 heterocycles. The first-order chi connectivity index (χ1) is 6.24. The average Bonchev–Trinajstić information content (AvgIpc) is 2.17. The van der Waals surface area contributed by atoms with Gasteiger partial charge in [-0.2, -0.15) is 0 Å². The molecule has 0 bridgehead atoms. The summed E-state index contributed by atoms with van der Waals surface area (Å²) in [6, 6.07) is 0. The number of nitrogens with zero attached hydrogens (tertiary/aromatic N) is 1. The highest BCUT2D eigenvalue weighted by molar-refractivity contribution is 4.98. The number of hydrogen-bond donors (Lipinski definition) is 0. The number of nitro groups is 1. The van der Waals surface area contributed by atoms with Crippen molar-refractivity contribution in [3.05, 3.63) is 22.4 Å². The Balaban J connectivity index is 2.69. The molecule has 0 unspecified atom stereocenters. The summed E-state index contributed by atoms with van der Waals surface area (Å²) in [6.07, 6.45) is 1.50. The summed E-state index contributed by atoms with van der Waals surface area (Å²) in [6.45, 7) is 7.58. The lowest BCUT2D eigenvalue weighted by atomic mass is 9.90. The van der Waals surface area contributed by atoms with Gasteiger partial charge in [-0.1, -0.05) is 0 Å². The van der Waals surface area contributed by atoms with Crippen molar-refractivity contribution in [3.8, 4) is 0 Å². The minimum atomic E-state index is -0.634. The molecule has 0 aromatic heterocycles. The standard InChI is InChI=1S/C9H15NO4/c1-8(2)9(3,4)14-7(13-8)5-6-10(11)12/h5-7H,1-4H3/b6-5+. The fourth-order valence-corrected chi connectivity index (χ4v) is 1.11. The van der Waals surface area contributed by atoms with Gasteiger partial charge in [0.05, 0.1) is 16.1 Å². The van der Waals surface area contributed by atoms with E-state index in [0.717, 1.165) is 6.20 Å². The summed E-state index contributed by atoms with van der Waals surface area (Å²) in [4.78, 5) is 9.55. The van der Waals surface area contributed by atoms with Gasteiger partial charge >= 0.3 is 0 Å². The third kappa shape index (κ3) is 2.10. The van der Waals surface area contributed by atoms with Gasteiger partial charge in [0.15, 0.2) is 6.29 Å². The van der Waals surface area contributed by atoms with Crippen LogP contribution in [0.3, 0.4) is 0 Å². The van der Waals surface area contributed by atoms with Gasteiger partial charge in [-0.05, 0) is 27.7 Å². The third-order valence-electron chi connectivity index (χ3n) is 2.64. The van der Waals surface area contributed by atoms with Gasteiger partial charge in [0, 0.05) is 6.08 Å². The monoisotopic (exact) mass is 201 g/mol. The first-order valence-electron chi connectivity index (χ1n) is 4.42. The van der Waals surface area contributed by atoms with Crippen LogP contribution in [0, 0.1) is 10.1 Å². The summed E-state index contributed by atoms with van der Waals surface area (Å²) >= 11 is 0. The van der Waals surface area contributed by atoms with Crippen molar-refractivity contribution in [1.29, 1.82) is 0 Å². The Kier molecular flexibility index (Phi) is 2.65. The van der Waals surface area contributed by atoms with Gasteiger partial charge in [-0.15, -0.1) is 0 Å². The van der Waals surface area contributed by atoms with E-state index in [1.807, 2.05) is 27.7 Å². The highest BCUT2D eigenvalue weighted by atomic mass is 16.7. The van der Waals surface area contributed by atoms with Crippen molar-refractivity contribution in [1.82, 2.24) is 0 Å². The van der Waals surface area contributed by atoms with Crippen molar-refractivity contribution in [3.63, 3.8) is 0 Å². The van der Waals surface area contributed by atoms with Crippen molar-refractivity contribution in [2.24, 2.45) is 0 Å². The van der Waals surface area contributed by atoms with Gasteiger partial charge in [0.25, 0.3) is 0 Å². The van der Waals surface area contributed by atoms with Crippen molar-refractivity contribution in [2.45, 2.75) is 45.2 Å². The molecule has 1 aliphatic rings. The van der Waals surface area contributed by atoms with E-state index in [9.17, 15) is 10.1 Å². The van der Waals surface area contributed by atoms with E-state index in [4.69, 9.17) is 9.47 Å². The maximum atomic E-state index is 10.1. The summed E-state index contributed by atoms with van der Waals surface area (Å²) in [5.41, 5.74) is -0.892. The molecule has 0 saturated carbocycles. The van der Waals surface area contributed by atoms with E-state index >= 15 is 0 Å². The van der Waals surface area contributed by atoms with Crippen molar-refractivity contribution in [2.75, 3.05) is 0 Å². The topological polar surface area (TPSA) is 61.6 Å². The van der Waals surface area contributed by atoms with Crippen LogP contribution in [0.2, 0.25) is 0 Å². The Morgan fingerprint density at radius 3 is 2.00 bits per heavy atom. The molecule has 1 rings (SSSR count). The second-order valence-corrected chi connectivity index (χ2v) is 4.25. The zero-order valence-electron chi connectivity index (χ0n) is 8.81. The van der Waals surface area contributed by atoms with Crippen LogP contribution in [-0.2, 0) is 9.47 Å².